The van der Waals surface area contributed by atoms with Crippen molar-refractivity contribution < 1.29 is 9.18 Å². The van der Waals surface area contributed by atoms with Gasteiger partial charge in [0.05, 0.1) is 6.04 Å². The molecule has 0 N–H and O–H groups in total. The van der Waals surface area contributed by atoms with Gasteiger partial charge in [0.15, 0.2) is 0 Å². The maximum atomic E-state index is 13.5. The van der Waals surface area contributed by atoms with Gasteiger partial charge >= 0.3 is 0 Å². The van der Waals surface area contributed by atoms with Crippen molar-refractivity contribution in [2.24, 2.45) is 0 Å². The minimum absolute atomic E-state index is 0.0136. The maximum Gasteiger partial charge on any atom is 0.250 e. The van der Waals surface area contributed by atoms with Crippen LogP contribution in [0.3, 0.4) is 0 Å². The second-order valence-corrected chi connectivity index (χ2v) is 6.14. The van der Waals surface area contributed by atoms with Crippen molar-refractivity contribution in [3.8, 4) is 0 Å². The molecule has 1 atom stereocenters. The minimum Gasteiger partial charge on any atom is -0.336 e. The third-order valence-corrected chi connectivity index (χ3v) is 4.52. The molecule has 0 unspecified atom stereocenters. The molecule has 2 aromatic rings. The molecule has 126 valence electrons. The number of hydrogen-bond donors (Lipinski definition) is 0. The van der Waals surface area contributed by atoms with Crippen LogP contribution in [0, 0.1) is 5.82 Å². The van der Waals surface area contributed by atoms with Crippen molar-refractivity contribution in [3.05, 3.63) is 70.4 Å². The molecule has 5 heteroatoms. The Hall–Kier alpha value is -2.43. The molecular weight excluding hydrogens is 307 g/mol. The van der Waals surface area contributed by atoms with Crippen molar-refractivity contribution in [2.75, 3.05) is 6.54 Å². The first kappa shape index (κ1) is 16.4. The van der Waals surface area contributed by atoms with E-state index in [0.29, 0.717) is 13.1 Å². The minimum atomic E-state index is -0.277. The van der Waals surface area contributed by atoms with Crippen LogP contribution in [0.4, 0.5) is 4.39 Å². The first-order valence-electron chi connectivity index (χ1n) is 8.35. The summed E-state index contributed by atoms with van der Waals surface area (Å²) in [5.74, 6) is -0.263. The quantitative estimate of drug-likeness (QED) is 0.865. The van der Waals surface area contributed by atoms with E-state index in [9.17, 15) is 14.0 Å². The number of likely N-dealkylation sites (tertiary alicyclic amines) is 1. The molecular formula is C19H21FN2O2. The van der Waals surface area contributed by atoms with Crippen LogP contribution in [0.15, 0.2) is 53.5 Å². The van der Waals surface area contributed by atoms with Gasteiger partial charge in [-0.2, -0.15) is 0 Å². The number of aromatic nitrogens is 1. The Morgan fingerprint density at radius 3 is 2.83 bits per heavy atom. The lowest BCUT2D eigenvalue weighted by atomic mass is 9.95. The predicted octanol–water partition coefficient (Wildman–Crippen LogP) is 3.13. The summed E-state index contributed by atoms with van der Waals surface area (Å²) in [6.07, 6.45) is 4.80. The molecule has 1 saturated heterocycles. The summed E-state index contributed by atoms with van der Waals surface area (Å²) in [6.45, 7) is 1.05. The number of amides is 1. The molecule has 1 aromatic heterocycles. The Kier molecular flexibility index (Phi) is 5.08. The zero-order valence-electron chi connectivity index (χ0n) is 13.5. The fourth-order valence-electron chi connectivity index (χ4n) is 3.30. The second-order valence-electron chi connectivity index (χ2n) is 6.14. The number of rotatable bonds is 4. The summed E-state index contributed by atoms with van der Waals surface area (Å²) >= 11 is 0. The summed E-state index contributed by atoms with van der Waals surface area (Å²) in [5.41, 5.74) is 0.741. The third kappa shape index (κ3) is 3.72. The third-order valence-electron chi connectivity index (χ3n) is 4.52. The molecule has 1 amide bonds. The van der Waals surface area contributed by atoms with E-state index in [-0.39, 0.29) is 29.7 Å². The number of benzene rings is 1. The normalized spacial score (nSPS) is 17.7. The number of hydrogen-bond acceptors (Lipinski definition) is 2. The van der Waals surface area contributed by atoms with Crippen molar-refractivity contribution in [3.63, 3.8) is 0 Å². The molecule has 0 aliphatic carbocycles. The van der Waals surface area contributed by atoms with E-state index in [1.165, 1.54) is 18.2 Å². The number of aryl methyl sites for hydroxylation is 1. The highest BCUT2D eigenvalue weighted by Crippen LogP contribution is 2.31. The van der Waals surface area contributed by atoms with Crippen LogP contribution in [0.2, 0.25) is 0 Å². The molecule has 0 bridgehead atoms. The molecule has 0 spiro atoms. The van der Waals surface area contributed by atoms with Crippen molar-refractivity contribution in [1.82, 2.24) is 9.47 Å². The van der Waals surface area contributed by atoms with Gasteiger partial charge in [0, 0.05) is 31.8 Å². The Morgan fingerprint density at radius 2 is 2.04 bits per heavy atom. The molecule has 0 radical (unpaired) electrons. The zero-order valence-corrected chi connectivity index (χ0v) is 13.5. The van der Waals surface area contributed by atoms with Gasteiger partial charge in [-0.1, -0.05) is 18.2 Å². The van der Waals surface area contributed by atoms with E-state index in [4.69, 9.17) is 0 Å². The molecule has 0 saturated carbocycles. The standard InChI is InChI=1S/C19H21FN2O2/c20-16-7-5-6-15(14-16)17-8-1-4-12-22(17)19(24)10-13-21-11-3-2-9-18(21)23/h2-3,5-7,9,11,14,17H,1,4,8,10,12-13H2/t17-/m0/s1. The fourth-order valence-corrected chi connectivity index (χ4v) is 3.30. The number of pyridine rings is 1. The van der Waals surface area contributed by atoms with E-state index in [2.05, 4.69) is 0 Å². The number of nitrogens with zero attached hydrogens (tertiary/aromatic N) is 2. The highest BCUT2D eigenvalue weighted by atomic mass is 19.1. The smallest absolute Gasteiger partial charge is 0.250 e. The maximum absolute atomic E-state index is 13.5. The van der Waals surface area contributed by atoms with Crippen LogP contribution >= 0.6 is 0 Å². The summed E-state index contributed by atoms with van der Waals surface area (Å²) in [7, 11) is 0. The van der Waals surface area contributed by atoms with Gasteiger partial charge in [-0.15, -0.1) is 0 Å². The summed E-state index contributed by atoms with van der Waals surface area (Å²) < 4.78 is 15.1. The van der Waals surface area contributed by atoms with Crippen LogP contribution in [0.5, 0.6) is 0 Å². The molecule has 4 nitrogen and oxygen atoms in total. The zero-order chi connectivity index (χ0) is 16.9. The second kappa shape index (κ2) is 7.43. The number of piperidine rings is 1. The Morgan fingerprint density at radius 1 is 1.17 bits per heavy atom. The SMILES string of the molecule is O=C(CCn1ccccc1=O)N1CCCC[C@H]1c1cccc(F)c1. The van der Waals surface area contributed by atoms with Gasteiger partial charge < -0.3 is 9.47 Å². The van der Waals surface area contributed by atoms with Crippen LogP contribution in [0.1, 0.15) is 37.3 Å². The molecule has 1 fully saturated rings. The summed E-state index contributed by atoms with van der Waals surface area (Å²) in [4.78, 5) is 26.2. The molecule has 3 rings (SSSR count). The van der Waals surface area contributed by atoms with Crippen LogP contribution in [-0.2, 0) is 11.3 Å². The van der Waals surface area contributed by atoms with E-state index in [0.717, 1.165) is 24.8 Å². The number of halogens is 1. The van der Waals surface area contributed by atoms with Crippen molar-refractivity contribution in [1.29, 1.82) is 0 Å². The van der Waals surface area contributed by atoms with E-state index < -0.39 is 0 Å². The Labute approximate surface area is 140 Å². The first-order valence-corrected chi connectivity index (χ1v) is 8.35. The fraction of sp³-hybridized carbons (Fsp3) is 0.368. The van der Waals surface area contributed by atoms with Crippen molar-refractivity contribution >= 4 is 5.91 Å². The lowest BCUT2D eigenvalue weighted by molar-refractivity contribution is -0.135. The average Bonchev–Trinajstić information content (AvgIpc) is 2.61. The summed E-state index contributed by atoms with van der Waals surface area (Å²) in [6, 6.07) is 11.4. The summed E-state index contributed by atoms with van der Waals surface area (Å²) in [5, 5.41) is 0. The van der Waals surface area contributed by atoms with Gasteiger partial charge in [-0.05, 0) is 43.0 Å². The molecule has 1 aliphatic rings. The highest BCUT2D eigenvalue weighted by Gasteiger charge is 2.27. The van der Waals surface area contributed by atoms with Crippen LogP contribution < -0.4 is 5.56 Å². The highest BCUT2D eigenvalue weighted by molar-refractivity contribution is 5.76. The van der Waals surface area contributed by atoms with Gasteiger partial charge in [0.25, 0.3) is 5.56 Å². The molecule has 1 aromatic carbocycles. The average molecular weight is 328 g/mol. The first-order chi connectivity index (χ1) is 11.6. The Balaban J connectivity index is 1.72. The van der Waals surface area contributed by atoms with E-state index in [1.807, 2.05) is 11.0 Å². The molecule has 2 heterocycles. The van der Waals surface area contributed by atoms with Crippen molar-refractivity contribution in [2.45, 2.75) is 38.3 Å². The van der Waals surface area contributed by atoms with E-state index >= 15 is 0 Å². The predicted molar refractivity (Wildman–Crippen MR) is 90.0 cm³/mol. The van der Waals surface area contributed by atoms with Crippen LogP contribution in [-0.4, -0.2) is 21.9 Å². The monoisotopic (exact) mass is 328 g/mol. The van der Waals surface area contributed by atoms with Gasteiger partial charge in [-0.25, -0.2) is 4.39 Å². The van der Waals surface area contributed by atoms with Gasteiger partial charge in [0.2, 0.25) is 5.91 Å². The van der Waals surface area contributed by atoms with Crippen LogP contribution in [0.25, 0.3) is 0 Å². The lowest BCUT2D eigenvalue weighted by Gasteiger charge is -2.36. The van der Waals surface area contributed by atoms with Gasteiger partial charge in [-0.3, -0.25) is 9.59 Å². The topological polar surface area (TPSA) is 42.3 Å². The Bertz CT molecular complexity index is 772. The van der Waals surface area contributed by atoms with E-state index in [1.54, 1.807) is 29.0 Å². The molecule has 24 heavy (non-hydrogen) atoms. The largest absolute Gasteiger partial charge is 0.336 e. The number of carbonyl (C=O) groups excluding carboxylic acids is 1. The lowest BCUT2D eigenvalue weighted by Crippen LogP contribution is -2.39. The molecule has 1 aliphatic heterocycles. The number of carbonyl (C=O) groups is 1. The van der Waals surface area contributed by atoms with Gasteiger partial charge in [0.1, 0.15) is 5.82 Å².